The first-order valence-electron chi connectivity index (χ1n) is 7.61. The monoisotopic (exact) mass is 343 g/mol. The van der Waals surface area contributed by atoms with E-state index in [2.05, 4.69) is 10.3 Å². The Balaban J connectivity index is 1.75. The minimum atomic E-state index is -0.312. The minimum Gasteiger partial charge on any atom is -0.378 e. The molecule has 2 aromatic rings. The number of aromatic amines is 1. The number of anilines is 1. The predicted octanol–water partition coefficient (Wildman–Crippen LogP) is 2.47. The van der Waals surface area contributed by atoms with Gasteiger partial charge in [0.25, 0.3) is 11.8 Å². The maximum atomic E-state index is 12.5. The Labute approximate surface area is 144 Å². The molecule has 124 valence electrons. The smallest absolute Gasteiger partial charge is 0.258 e. The van der Waals surface area contributed by atoms with Gasteiger partial charge in [0.1, 0.15) is 4.64 Å². The summed E-state index contributed by atoms with van der Waals surface area (Å²) in [7, 11) is 0. The van der Waals surface area contributed by atoms with Gasteiger partial charge >= 0.3 is 0 Å². The molecule has 3 rings (SSSR count). The van der Waals surface area contributed by atoms with E-state index in [1.807, 2.05) is 0 Å². The molecule has 0 aliphatic carbocycles. The van der Waals surface area contributed by atoms with Crippen LogP contribution in [0, 0.1) is 4.64 Å². The Kier molecular flexibility index (Phi) is 5.02. The first kappa shape index (κ1) is 16.4. The molecule has 2 amide bonds. The Morgan fingerprint density at radius 2 is 1.96 bits per heavy atom. The van der Waals surface area contributed by atoms with Gasteiger partial charge < -0.3 is 19.9 Å². The Hall–Kier alpha value is -2.51. The van der Waals surface area contributed by atoms with Gasteiger partial charge in [0.05, 0.1) is 18.8 Å². The molecule has 0 spiro atoms. The maximum absolute atomic E-state index is 12.5. The third kappa shape index (κ3) is 3.69. The number of rotatable bonds is 3. The summed E-state index contributed by atoms with van der Waals surface area (Å²) in [4.78, 5) is 29.4. The van der Waals surface area contributed by atoms with E-state index in [4.69, 9.17) is 17.0 Å². The molecule has 1 saturated heterocycles. The Morgan fingerprint density at radius 1 is 1.17 bits per heavy atom. The highest BCUT2D eigenvalue weighted by Gasteiger charge is 2.19. The number of hydrogen-bond acceptors (Lipinski definition) is 4. The van der Waals surface area contributed by atoms with E-state index in [1.165, 1.54) is 0 Å². The normalized spacial score (nSPS) is 14.2. The van der Waals surface area contributed by atoms with Gasteiger partial charge in [-0.1, -0.05) is 18.3 Å². The summed E-state index contributed by atoms with van der Waals surface area (Å²) in [6, 6.07) is 10.3. The number of pyridine rings is 1. The number of ether oxygens (including phenoxy) is 1. The van der Waals surface area contributed by atoms with Crippen molar-refractivity contribution in [1.29, 1.82) is 0 Å². The van der Waals surface area contributed by atoms with E-state index in [0.717, 1.165) is 0 Å². The molecule has 0 unspecified atom stereocenters. The van der Waals surface area contributed by atoms with Crippen LogP contribution in [0.3, 0.4) is 0 Å². The molecule has 0 atom stereocenters. The van der Waals surface area contributed by atoms with Gasteiger partial charge in [0.2, 0.25) is 0 Å². The molecule has 2 heterocycles. The molecule has 1 fully saturated rings. The lowest BCUT2D eigenvalue weighted by Gasteiger charge is -2.27. The second-order valence-corrected chi connectivity index (χ2v) is 5.76. The summed E-state index contributed by atoms with van der Waals surface area (Å²) >= 11 is 5.11. The lowest BCUT2D eigenvalue weighted by Crippen LogP contribution is -2.40. The van der Waals surface area contributed by atoms with Crippen LogP contribution < -0.4 is 5.32 Å². The molecule has 0 radical (unpaired) electrons. The molecule has 0 saturated carbocycles. The molecule has 1 aromatic carbocycles. The molecule has 1 aliphatic heterocycles. The lowest BCUT2D eigenvalue weighted by atomic mass is 10.1. The zero-order valence-corrected chi connectivity index (χ0v) is 13.8. The van der Waals surface area contributed by atoms with Crippen molar-refractivity contribution >= 4 is 29.7 Å². The number of carbonyl (C=O) groups is 2. The lowest BCUT2D eigenvalue weighted by molar-refractivity contribution is 0.0303. The highest BCUT2D eigenvalue weighted by atomic mass is 32.1. The summed E-state index contributed by atoms with van der Waals surface area (Å²) in [5, 5.41) is 2.78. The fourth-order valence-electron chi connectivity index (χ4n) is 2.48. The second kappa shape index (κ2) is 7.37. The topological polar surface area (TPSA) is 74.4 Å². The van der Waals surface area contributed by atoms with Crippen LogP contribution in [0.5, 0.6) is 0 Å². The van der Waals surface area contributed by atoms with E-state index in [0.29, 0.717) is 47.8 Å². The van der Waals surface area contributed by atoms with Crippen LogP contribution in [-0.4, -0.2) is 48.0 Å². The van der Waals surface area contributed by atoms with Gasteiger partial charge in [-0.3, -0.25) is 9.59 Å². The maximum Gasteiger partial charge on any atom is 0.258 e. The fraction of sp³-hybridized carbons (Fsp3) is 0.235. The second-order valence-electron chi connectivity index (χ2n) is 5.35. The van der Waals surface area contributed by atoms with E-state index >= 15 is 0 Å². The van der Waals surface area contributed by atoms with Crippen molar-refractivity contribution in [1.82, 2.24) is 9.88 Å². The van der Waals surface area contributed by atoms with Crippen LogP contribution in [0.4, 0.5) is 5.69 Å². The van der Waals surface area contributed by atoms with Crippen molar-refractivity contribution in [3.63, 3.8) is 0 Å². The van der Waals surface area contributed by atoms with Crippen molar-refractivity contribution in [3.8, 4) is 0 Å². The number of benzene rings is 1. The van der Waals surface area contributed by atoms with Crippen LogP contribution in [0.2, 0.25) is 0 Å². The summed E-state index contributed by atoms with van der Waals surface area (Å²) in [5.74, 6) is -0.376. The molecule has 1 aliphatic rings. The number of nitrogens with zero attached hydrogens (tertiary/aromatic N) is 1. The van der Waals surface area contributed by atoms with E-state index in [-0.39, 0.29) is 11.8 Å². The zero-order valence-electron chi connectivity index (χ0n) is 13.0. The third-order valence-electron chi connectivity index (χ3n) is 3.73. The number of carbonyl (C=O) groups excluding carboxylic acids is 2. The average Bonchev–Trinajstić information content (AvgIpc) is 2.62. The number of hydrogen-bond donors (Lipinski definition) is 2. The quantitative estimate of drug-likeness (QED) is 0.840. The van der Waals surface area contributed by atoms with Gasteiger partial charge in [0, 0.05) is 30.5 Å². The third-order valence-corrected chi connectivity index (χ3v) is 4.07. The van der Waals surface area contributed by atoms with Crippen LogP contribution >= 0.6 is 12.2 Å². The van der Waals surface area contributed by atoms with Crippen molar-refractivity contribution in [2.24, 2.45) is 0 Å². The Morgan fingerprint density at radius 3 is 2.71 bits per heavy atom. The van der Waals surface area contributed by atoms with Crippen LogP contribution in [0.15, 0.2) is 42.6 Å². The fourth-order valence-corrected chi connectivity index (χ4v) is 2.71. The van der Waals surface area contributed by atoms with E-state index in [1.54, 1.807) is 47.5 Å². The molecule has 6 nitrogen and oxygen atoms in total. The number of nitrogens with one attached hydrogen (secondary N) is 2. The van der Waals surface area contributed by atoms with Crippen molar-refractivity contribution in [3.05, 3.63) is 58.4 Å². The number of aromatic nitrogens is 1. The number of amides is 2. The molecule has 2 N–H and O–H groups in total. The average molecular weight is 343 g/mol. The van der Waals surface area contributed by atoms with Crippen molar-refractivity contribution in [2.75, 3.05) is 31.6 Å². The summed E-state index contributed by atoms with van der Waals surface area (Å²) in [5.41, 5.74) is 1.47. The van der Waals surface area contributed by atoms with Gasteiger partial charge in [-0.05, 0) is 30.3 Å². The van der Waals surface area contributed by atoms with Gasteiger partial charge in [-0.25, -0.2) is 0 Å². The molecule has 0 bridgehead atoms. The summed E-state index contributed by atoms with van der Waals surface area (Å²) < 4.78 is 5.63. The Bertz CT molecular complexity index is 812. The molecule has 7 heteroatoms. The van der Waals surface area contributed by atoms with Gasteiger partial charge in [-0.15, -0.1) is 0 Å². The molecular formula is C17H17N3O3S. The standard InChI is InChI=1S/C17H17N3O3S/c21-15(14-5-2-6-18-16(14)24)19-13-4-1-3-12(11-13)17(22)20-7-9-23-10-8-20/h1-6,11H,7-10H2,(H,18,24)(H,19,21). The predicted molar refractivity (Wildman–Crippen MR) is 92.7 cm³/mol. The first-order chi connectivity index (χ1) is 11.6. The van der Waals surface area contributed by atoms with E-state index in [9.17, 15) is 9.59 Å². The summed E-state index contributed by atoms with van der Waals surface area (Å²) in [6.07, 6.45) is 1.67. The van der Waals surface area contributed by atoms with Crippen LogP contribution in [-0.2, 0) is 4.74 Å². The molecule has 1 aromatic heterocycles. The SMILES string of the molecule is O=C(Nc1cccc(C(=O)N2CCOCC2)c1)c1ccc[nH]c1=S. The highest BCUT2D eigenvalue weighted by molar-refractivity contribution is 7.71. The largest absolute Gasteiger partial charge is 0.378 e. The molecule has 24 heavy (non-hydrogen) atoms. The van der Waals surface area contributed by atoms with Crippen molar-refractivity contribution < 1.29 is 14.3 Å². The van der Waals surface area contributed by atoms with E-state index < -0.39 is 0 Å². The summed E-state index contributed by atoms with van der Waals surface area (Å²) in [6.45, 7) is 2.26. The highest BCUT2D eigenvalue weighted by Crippen LogP contribution is 2.15. The van der Waals surface area contributed by atoms with Gasteiger partial charge in [0.15, 0.2) is 0 Å². The van der Waals surface area contributed by atoms with Crippen LogP contribution in [0.1, 0.15) is 20.7 Å². The number of H-pyrrole nitrogens is 1. The van der Waals surface area contributed by atoms with Crippen molar-refractivity contribution in [2.45, 2.75) is 0 Å². The zero-order chi connectivity index (χ0) is 16.9. The molecular weight excluding hydrogens is 326 g/mol. The number of morpholine rings is 1. The van der Waals surface area contributed by atoms with Gasteiger partial charge in [-0.2, -0.15) is 0 Å². The minimum absolute atomic E-state index is 0.0635. The van der Waals surface area contributed by atoms with Crippen LogP contribution in [0.25, 0.3) is 0 Å². The first-order valence-corrected chi connectivity index (χ1v) is 8.02.